The Morgan fingerprint density at radius 2 is 2.19 bits per heavy atom. The van der Waals surface area contributed by atoms with Gasteiger partial charge in [-0.25, -0.2) is 0 Å². The van der Waals surface area contributed by atoms with Gasteiger partial charge in [-0.05, 0) is 12.1 Å². The number of ketones is 1. The van der Waals surface area contributed by atoms with Gasteiger partial charge in [0, 0.05) is 18.3 Å². The van der Waals surface area contributed by atoms with Gasteiger partial charge < -0.3 is 9.84 Å². The second-order valence-corrected chi connectivity index (χ2v) is 3.23. The molecule has 0 aliphatic rings. The molecule has 5 nitrogen and oxygen atoms in total. The number of carbonyl (C=O) groups is 2. The van der Waals surface area contributed by atoms with Crippen LogP contribution in [0.5, 0.6) is 0 Å². The molecule has 5 heteroatoms. The molecular formula is C11H13NO4. The fraction of sp³-hybridized carbons (Fsp3) is 0.364. The van der Waals surface area contributed by atoms with E-state index in [-0.39, 0.29) is 6.61 Å². The average Bonchev–Trinajstić information content (AvgIpc) is 2.25. The van der Waals surface area contributed by atoms with Crippen molar-refractivity contribution in [1.29, 1.82) is 0 Å². The Labute approximate surface area is 93.1 Å². The first-order chi connectivity index (χ1) is 7.68. The normalized spacial score (nSPS) is 10.0. The zero-order valence-corrected chi connectivity index (χ0v) is 8.76. The quantitative estimate of drug-likeness (QED) is 0.543. The summed E-state index contributed by atoms with van der Waals surface area (Å²) in [7, 11) is 0. The third-order valence-electron chi connectivity index (χ3n) is 1.84. The molecule has 0 aliphatic carbocycles. The number of rotatable bonds is 7. The Morgan fingerprint density at radius 1 is 1.38 bits per heavy atom. The number of carboxylic acids is 1. The molecule has 1 heterocycles. The Kier molecular flexibility index (Phi) is 5.15. The monoisotopic (exact) mass is 223 g/mol. The number of ether oxygens (including phenoxy) is 1. The number of carbonyl (C=O) groups excluding carboxylic acids is 1. The van der Waals surface area contributed by atoms with Gasteiger partial charge in [0.2, 0.25) is 0 Å². The summed E-state index contributed by atoms with van der Waals surface area (Å²) >= 11 is 0. The van der Waals surface area contributed by atoms with E-state index in [0.717, 1.165) is 5.69 Å². The van der Waals surface area contributed by atoms with Gasteiger partial charge in [0.05, 0.1) is 6.61 Å². The standard InChI is InChI=1S/C11H13NO4/c13-10(7-11(14)15)8-16-6-4-9-3-1-2-5-12-9/h1-3,5H,4,6-8H2,(H,14,15). The van der Waals surface area contributed by atoms with Crippen molar-refractivity contribution in [2.24, 2.45) is 0 Å². The van der Waals surface area contributed by atoms with Gasteiger partial charge in [0.15, 0.2) is 5.78 Å². The minimum Gasteiger partial charge on any atom is -0.481 e. The molecule has 86 valence electrons. The molecular weight excluding hydrogens is 210 g/mol. The Balaban J connectivity index is 2.13. The topological polar surface area (TPSA) is 76.5 Å². The number of pyridine rings is 1. The molecule has 0 bridgehead atoms. The van der Waals surface area contributed by atoms with Crippen LogP contribution in [0.15, 0.2) is 24.4 Å². The maximum Gasteiger partial charge on any atom is 0.310 e. The maximum absolute atomic E-state index is 10.9. The van der Waals surface area contributed by atoms with Gasteiger partial charge in [0.1, 0.15) is 13.0 Å². The molecule has 0 unspecified atom stereocenters. The van der Waals surface area contributed by atoms with Crippen LogP contribution in [0.3, 0.4) is 0 Å². The summed E-state index contributed by atoms with van der Waals surface area (Å²) in [5, 5.41) is 8.33. The predicted molar refractivity (Wildman–Crippen MR) is 56.0 cm³/mol. The number of hydrogen-bond donors (Lipinski definition) is 1. The molecule has 0 amide bonds. The SMILES string of the molecule is O=C(O)CC(=O)COCCc1ccccn1. The summed E-state index contributed by atoms with van der Waals surface area (Å²) in [4.78, 5) is 25.2. The maximum atomic E-state index is 10.9. The third kappa shape index (κ3) is 5.21. The van der Waals surface area contributed by atoms with Gasteiger partial charge in [-0.15, -0.1) is 0 Å². The highest BCUT2D eigenvalue weighted by Gasteiger charge is 2.07. The molecule has 1 N–H and O–H groups in total. The second kappa shape index (κ2) is 6.68. The lowest BCUT2D eigenvalue weighted by atomic mass is 10.3. The van der Waals surface area contributed by atoms with Crippen molar-refractivity contribution in [1.82, 2.24) is 4.98 Å². The van der Waals surface area contributed by atoms with Crippen LogP contribution < -0.4 is 0 Å². The van der Waals surface area contributed by atoms with Crippen molar-refractivity contribution >= 4 is 11.8 Å². The Bertz CT molecular complexity index is 350. The van der Waals surface area contributed by atoms with Gasteiger partial charge in [-0.3, -0.25) is 14.6 Å². The van der Waals surface area contributed by atoms with E-state index in [1.54, 1.807) is 6.20 Å². The average molecular weight is 223 g/mol. The smallest absolute Gasteiger partial charge is 0.310 e. The summed E-state index contributed by atoms with van der Waals surface area (Å²) in [6, 6.07) is 5.56. The molecule has 0 fully saturated rings. The molecule has 1 aromatic rings. The number of carboxylic acid groups (broad SMARTS) is 1. The van der Waals surface area contributed by atoms with Crippen molar-refractivity contribution in [3.63, 3.8) is 0 Å². The molecule has 0 aliphatic heterocycles. The molecule has 0 saturated heterocycles. The molecule has 16 heavy (non-hydrogen) atoms. The van der Waals surface area contributed by atoms with Gasteiger partial charge >= 0.3 is 5.97 Å². The highest BCUT2D eigenvalue weighted by molar-refractivity contribution is 5.95. The lowest BCUT2D eigenvalue weighted by Crippen LogP contribution is -2.14. The number of aliphatic carboxylic acids is 1. The fourth-order valence-electron chi connectivity index (χ4n) is 1.13. The van der Waals surface area contributed by atoms with Crippen LogP contribution >= 0.6 is 0 Å². The Morgan fingerprint density at radius 3 is 2.81 bits per heavy atom. The summed E-state index contributed by atoms with van der Waals surface area (Å²) in [6.07, 6.45) is 1.82. The minimum absolute atomic E-state index is 0.154. The third-order valence-corrected chi connectivity index (χ3v) is 1.84. The zero-order valence-electron chi connectivity index (χ0n) is 8.76. The van der Waals surface area contributed by atoms with Gasteiger partial charge in [-0.1, -0.05) is 6.07 Å². The van der Waals surface area contributed by atoms with Crippen LogP contribution in [-0.2, 0) is 20.7 Å². The molecule has 0 atom stereocenters. The first-order valence-electron chi connectivity index (χ1n) is 4.89. The van der Waals surface area contributed by atoms with E-state index in [1.165, 1.54) is 0 Å². The van der Waals surface area contributed by atoms with Crippen LogP contribution in [0.25, 0.3) is 0 Å². The van der Waals surface area contributed by atoms with E-state index in [9.17, 15) is 9.59 Å². The van der Waals surface area contributed by atoms with E-state index < -0.39 is 18.2 Å². The summed E-state index contributed by atoms with van der Waals surface area (Å²) < 4.78 is 5.05. The molecule has 0 saturated carbocycles. The van der Waals surface area contributed by atoms with E-state index in [1.807, 2.05) is 18.2 Å². The summed E-state index contributed by atoms with van der Waals surface area (Å²) in [5.41, 5.74) is 0.883. The minimum atomic E-state index is -1.13. The number of aromatic nitrogens is 1. The van der Waals surface area contributed by atoms with E-state index in [2.05, 4.69) is 4.98 Å². The second-order valence-electron chi connectivity index (χ2n) is 3.23. The van der Waals surface area contributed by atoms with Crippen molar-refractivity contribution < 1.29 is 19.4 Å². The predicted octanol–water partition coefficient (Wildman–Crippen LogP) is 0.684. The van der Waals surface area contributed by atoms with Gasteiger partial charge in [-0.2, -0.15) is 0 Å². The van der Waals surface area contributed by atoms with Crippen LogP contribution in [0.4, 0.5) is 0 Å². The molecule has 1 rings (SSSR count). The molecule has 1 aromatic heterocycles. The van der Waals surface area contributed by atoms with Crippen molar-refractivity contribution in [2.45, 2.75) is 12.8 Å². The number of hydrogen-bond acceptors (Lipinski definition) is 4. The molecule has 0 aromatic carbocycles. The number of nitrogens with zero attached hydrogens (tertiary/aromatic N) is 1. The van der Waals surface area contributed by atoms with E-state index >= 15 is 0 Å². The molecule has 0 spiro atoms. The van der Waals surface area contributed by atoms with Crippen molar-refractivity contribution in [2.75, 3.05) is 13.2 Å². The highest BCUT2D eigenvalue weighted by atomic mass is 16.5. The van der Waals surface area contributed by atoms with Crippen LogP contribution in [0.1, 0.15) is 12.1 Å². The highest BCUT2D eigenvalue weighted by Crippen LogP contribution is 1.95. The zero-order chi connectivity index (χ0) is 11.8. The van der Waals surface area contributed by atoms with Gasteiger partial charge in [0.25, 0.3) is 0 Å². The van der Waals surface area contributed by atoms with E-state index in [4.69, 9.17) is 9.84 Å². The van der Waals surface area contributed by atoms with E-state index in [0.29, 0.717) is 13.0 Å². The van der Waals surface area contributed by atoms with Crippen LogP contribution in [0, 0.1) is 0 Å². The van der Waals surface area contributed by atoms with Crippen molar-refractivity contribution in [3.8, 4) is 0 Å². The fourth-order valence-corrected chi connectivity index (χ4v) is 1.13. The summed E-state index contributed by atoms with van der Waals surface area (Å²) in [6.45, 7) is 0.210. The Hall–Kier alpha value is -1.75. The van der Waals surface area contributed by atoms with Crippen molar-refractivity contribution in [3.05, 3.63) is 30.1 Å². The first-order valence-corrected chi connectivity index (χ1v) is 4.89. The van der Waals surface area contributed by atoms with Crippen LogP contribution in [-0.4, -0.2) is 35.1 Å². The first kappa shape index (κ1) is 12.3. The number of Topliss-reactive ketones (excluding diaryl/α,β-unsaturated/α-hetero) is 1. The van der Waals surface area contributed by atoms with Crippen LogP contribution in [0.2, 0.25) is 0 Å². The summed E-state index contributed by atoms with van der Waals surface area (Å²) in [5.74, 6) is -1.55. The molecule has 0 radical (unpaired) electrons. The lowest BCUT2D eigenvalue weighted by Gasteiger charge is -2.02. The largest absolute Gasteiger partial charge is 0.481 e. The lowest BCUT2D eigenvalue weighted by molar-refractivity contribution is -0.141.